The van der Waals surface area contributed by atoms with E-state index in [9.17, 15) is 9.59 Å². The van der Waals surface area contributed by atoms with Crippen molar-refractivity contribution in [1.82, 2.24) is 15.0 Å². The van der Waals surface area contributed by atoms with E-state index in [-0.39, 0.29) is 25.3 Å². The molecule has 0 N–H and O–H groups in total. The van der Waals surface area contributed by atoms with Gasteiger partial charge in [-0.1, -0.05) is 30.3 Å². The van der Waals surface area contributed by atoms with Gasteiger partial charge in [0, 0.05) is 4.88 Å². The fraction of sp³-hybridized carbons (Fsp3) is 0.400. The van der Waals surface area contributed by atoms with Gasteiger partial charge >= 0.3 is 5.97 Å². The summed E-state index contributed by atoms with van der Waals surface area (Å²) in [7, 11) is 0. The molecule has 0 spiro atoms. The second-order valence-electron chi connectivity index (χ2n) is 6.97. The average Bonchev–Trinajstić information content (AvgIpc) is 3.06. The summed E-state index contributed by atoms with van der Waals surface area (Å²) in [6.07, 6.45) is 2.90. The summed E-state index contributed by atoms with van der Waals surface area (Å²) >= 11 is 1.54. The summed E-state index contributed by atoms with van der Waals surface area (Å²) in [5.74, 6) is 0.789. The Morgan fingerprint density at radius 1 is 1.29 bits per heavy atom. The standard InChI is InChI=1S/C20H21N3O4S/c1-13-7-8-15-16(11-13)28-19-18(15)20(25)23(22-21-19)12-17(24)27-10-9-26-14-5-3-2-4-6-14/h2-6,13H,7-12H2,1H3/t13-/m1/s1. The van der Waals surface area contributed by atoms with E-state index in [4.69, 9.17) is 9.47 Å². The highest BCUT2D eigenvalue weighted by Crippen LogP contribution is 2.35. The molecule has 0 fully saturated rings. The Morgan fingerprint density at radius 3 is 2.93 bits per heavy atom. The van der Waals surface area contributed by atoms with Crippen molar-refractivity contribution in [2.75, 3.05) is 13.2 Å². The third kappa shape index (κ3) is 3.91. The topological polar surface area (TPSA) is 83.3 Å². The number of carbonyl (C=O) groups is 1. The number of carbonyl (C=O) groups excluding carboxylic acids is 1. The zero-order chi connectivity index (χ0) is 19.5. The van der Waals surface area contributed by atoms with Crippen LogP contribution in [0.3, 0.4) is 0 Å². The van der Waals surface area contributed by atoms with Crippen LogP contribution < -0.4 is 10.3 Å². The maximum Gasteiger partial charge on any atom is 0.328 e. The quantitative estimate of drug-likeness (QED) is 0.468. The Balaban J connectivity index is 1.39. The molecular weight excluding hydrogens is 378 g/mol. The van der Waals surface area contributed by atoms with E-state index in [1.165, 1.54) is 4.88 Å². The number of fused-ring (bicyclic) bond motifs is 3. The van der Waals surface area contributed by atoms with Gasteiger partial charge in [0.15, 0.2) is 4.83 Å². The van der Waals surface area contributed by atoms with Gasteiger partial charge in [-0.2, -0.15) is 4.68 Å². The Labute approximate surface area is 165 Å². The van der Waals surface area contributed by atoms with Gasteiger partial charge in [-0.15, -0.1) is 16.4 Å². The van der Waals surface area contributed by atoms with Gasteiger partial charge in [0.1, 0.15) is 25.5 Å². The van der Waals surface area contributed by atoms with Crippen molar-refractivity contribution in [3.8, 4) is 5.75 Å². The first-order valence-electron chi connectivity index (χ1n) is 9.33. The lowest BCUT2D eigenvalue weighted by atomic mass is 9.89. The SMILES string of the molecule is C[C@@H]1CCc2c(sc3nnn(CC(=O)OCCOc4ccccc4)c(=O)c23)C1. The van der Waals surface area contributed by atoms with Gasteiger partial charge in [-0.25, -0.2) is 0 Å². The van der Waals surface area contributed by atoms with Crippen molar-refractivity contribution < 1.29 is 14.3 Å². The summed E-state index contributed by atoms with van der Waals surface area (Å²) in [6.45, 7) is 2.30. The molecule has 0 unspecified atom stereocenters. The molecule has 1 aromatic carbocycles. The molecule has 1 aliphatic carbocycles. The molecule has 0 saturated heterocycles. The second kappa shape index (κ2) is 8.10. The molecule has 2 heterocycles. The predicted molar refractivity (Wildman–Crippen MR) is 106 cm³/mol. The number of rotatable bonds is 6. The molecule has 8 heteroatoms. The number of benzene rings is 1. The molecule has 0 radical (unpaired) electrons. The molecule has 3 aromatic rings. The Hall–Kier alpha value is -2.74. The molecular formula is C20H21N3O4S. The zero-order valence-electron chi connectivity index (χ0n) is 15.6. The smallest absolute Gasteiger partial charge is 0.328 e. The number of para-hydroxylation sites is 1. The van der Waals surface area contributed by atoms with Gasteiger partial charge in [0.2, 0.25) is 0 Å². The number of aryl methyl sites for hydroxylation is 1. The van der Waals surface area contributed by atoms with Crippen LogP contribution in [-0.4, -0.2) is 34.2 Å². The highest BCUT2D eigenvalue weighted by atomic mass is 32.1. The van der Waals surface area contributed by atoms with Crippen LogP contribution in [0.15, 0.2) is 35.1 Å². The molecule has 2 aromatic heterocycles. The van der Waals surface area contributed by atoms with Gasteiger partial charge in [0.05, 0.1) is 5.39 Å². The summed E-state index contributed by atoms with van der Waals surface area (Å²) in [4.78, 5) is 26.8. The van der Waals surface area contributed by atoms with E-state index >= 15 is 0 Å². The van der Waals surface area contributed by atoms with Crippen LogP contribution in [0.25, 0.3) is 10.2 Å². The van der Waals surface area contributed by atoms with Crippen LogP contribution in [0, 0.1) is 5.92 Å². The molecule has 28 heavy (non-hydrogen) atoms. The first kappa shape index (κ1) is 18.6. The Morgan fingerprint density at radius 2 is 2.11 bits per heavy atom. The van der Waals surface area contributed by atoms with E-state index in [2.05, 4.69) is 17.2 Å². The van der Waals surface area contributed by atoms with Gasteiger partial charge < -0.3 is 9.47 Å². The molecule has 1 aliphatic rings. The zero-order valence-corrected chi connectivity index (χ0v) is 16.4. The lowest BCUT2D eigenvalue weighted by Gasteiger charge is -2.17. The number of hydrogen-bond donors (Lipinski definition) is 0. The van der Waals surface area contributed by atoms with Crippen LogP contribution >= 0.6 is 11.3 Å². The van der Waals surface area contributed by atoms with E-state index in [1.807, 2.05) is 30.3 Å². The third-order valence-corrected chi connectivity index (χ3v) is 5.96. The summed E-state index contributed by atoms with van der Waals surface area (Å²) in [5, 5.41) is 8.69. The van der Waals surface area contributed by atoms with Crippen molar-refractivity contribution >= 4 is 27.5 Å². The van der Waals surface area contributed by atoms with Crippen molar-refractivity contribution in [2.24, 2.45) is 5.92 Å². The number of nitrogens with zero attached hydrogens (tertiary/aromatic N) is 3. The number of thiophene rings is 1. The monoisotopic (exact) mass is 399 g/mol. The van der Waals surface area contributed by atoms with Crippen molar-refractivity contribution in [1.29, 1.82) is 0 Å². The molecule has 146 valence electrons. The molecule has 4 rings (SSSR count). The fourth-order valence-electron chi connectivity index (χ4n) is 3.39. The van der Waals surface area contributed by atoms with Crippen molar-refractivity contribution in [2.45, 2.75) is 32.7 Å². The van der Waals surface area contributed by atoms with Gasteiger partial charge in [0.25, 0.3) is 5.56 Å². The average molecular weight is 399 g/mol. The van der Waals surface area contributed by atoms with Crippen molar-refractivity contribution in [3.63, 3.8) is 0 Å². The molecule has 0 saturated carbocycles. The van der Waals surface area contributed by atoms with Crippen molar-refractivity contribution in [3.05, 3.63) is 51.1 Å². The van der Waals surface area contributed by atoms with Crippen LogP contribution in [0.4, 0.5) is 0 Å². The molecule has 7 nitrogen and oxygen atoms in total. The van der Waals surface area contributed by atoms with E-state index in [0.29, 0.717) is 21.9 Å². The largest absolute Gasteiger partial charge is 0.490 e. The normalized spacial score (nSPS) is 16.0. The highest BCUT2D eigenvalue weighted by molar-refractivity contribution is 7.18. The van der Waals surface area contributed by atoms with Gasteiger partial charge in [-0.05, 0) is 42.9 Å². The van der Waals surface area contributed by atoms with E-state index < -0.39 is 5.97 Å². The first-order valence-corrected chi connectivity index (χ1v) is 10.1. The number of ether oxygens (including phenoxy) is 2. The Kier molecular flexibility index (Phi) is 5.38. The second-order valence-corrected chi connectivity index (χ2v) is 8.05. The number of aromatic nitrogens is 3. The minimum absolute atomic E-state index is 0.101. The predicted octanol–water partition coefficient (Wildman–Crippen LogP) is 2.60. The molecule has 0 aliphatic heterocycles. The number of hydrogen-bond acceptors (Lipinski definition) is 7. The third-order valence-electron chi connectivity index (χ3n) is 4.82. The maximum atomic E-state index is 12.8. The molecule has 1 atom stereocenters. The fourth-order valence-corrected chi connectivity index (χ4v) is 4.71. The van der Waals surface area contributed by atoms with Crippen LogP contribution in [-0.2, 0) is 28.9 Å². The van der Waals surface area contributed by atoms with Crippen LogP contribution in [0.2, 0.25) is 0 Å². The van der Waals surface area contributed by atoms with E-state index in [1.54, 1.807) is 11.3 Å². The Bertz CT molecular complexity index is 1040. The minimum Gasteiger partial charge on any atom is -0.490 e. The molecule has 0 amide bonds. The first-order chi connectivity index (χ1) is 13.6. The van der Waals surface area contributed by atoms with Crippen LogP contribution in [0.5, 0.6) is 5.75 Å². The lowest BCUT2D eigenvalue weighted by Crippen LogP contribution is -2.29. The summed E-state index contributed by atoms with van der Waals surface area (Å²) < 4.78 is 11.7. The number of esters is 1. The highest BCUT2D eigenvalue weighted by Gasteiger charge is 2.24. The summed E-state index contributed by atoms with van der Waals surface area (Å²) in [6, 6.07) is 9.29. The summed E-state index contributed by atoms with van der Waals surface area (Å²) in [5.41, 5.74) is 0.811. The lowest BCUT2D eigenvalue weighted by molar-refractivity contribution is -0.145. The van der Waals surface area contributed by atoms with E-state index in [0.717, 1.165) is 29.5 Å². The molecule has 0 bridgehead atoms. The maximum absolute atomic E-state index is 12.8. The van der Waals surface area contributed by atoms with Gasteiger partial charge in [-0.3, -0.25) is 9.59 Å². The minimum atomic E-state index is -0.537. The van der Waals surface area contributed by atoms with Crippen LogP contribution in [0.1, 0.15) is 23.8 Å².